The molecule has 6 nitrogen and oxygen atoms in total. The number of likely N-dealkylation sites (tertiary alicyclic amines) is 1. The topological polar surface area (TPSA) is 85.8 Å². The second-order valence-electron chi connectivity index (χ2n) is 7.74. The molecule has 0 aliphatic carbocycles. The molecular weight excluding hydrogens is 379 g/mol. The van der Waals surface area contributed by atoms with E-state index in [0.29, 0.717) is 0 Å². The summed E-state index contributed by atoms with van der Waals surface area (Å²) in [6.45, 7) is 4.75. The summed E-state index contributed by atoms with van der Waals surface area (Å²) in [7, 11) is -1.48. The third-order valence-electron chi connectivity index (χ3n) is 5.64. The Morgan fingerprint density at radius 1 is 1.10 bits per heavy atom. The first-order chi connectivity index (χ1) is 14.6. The molecule has 0 unspecified atom stereocenters. The van der Waals surface area contributed by atoms with Crippen LogP contribution in [0, 0.1) is 0 Å². The third-order valence-corrected chi connectivity index (χ3v) is 5.64. The summed E-state index contributed by atoms with van der Waals surface area (Å²) < 4.78 is 10.1. The Hall–Kier alpha value is -2.74. The summed E-state index contributed by atoms with van der Waals surface area (Å²) in [6, 6.07) is 16.5. The Balaban J connectivity index is 0.000000230. The van der Waals surface area contributed by atoms with E-state index >= 15 is 0 Å². The van der Waals surface area contributed by atoms with Crippen LogP contribution in [0.1, 0.15) is 25.5 Å². The number of H-pyrrole nitrogens is 1. The molecular formula is C23H27BN2O4. The molecule has 30 heavy (non-hydrogen) atoms. The Morgan fingerprint density at radius 2 is 1.93 bits per heavy atom. The van der Waals surface area contributed by atoms with Gasteiger partial charge in [-0.2, -0.15) is 0 Å². The fourth-order valence-corrected chi connectivity index (χ4v) is 3.95. The van der Waals surface area contributed by atoms with E-state index in [-0.39, 0.29) is 5.66 Å². The highest BCUT2D eigenvalue weighted by atomic mass is 16.4. The van der Waals surface area contributed by atoms with Crippen molar-refractivity contribution >= 4 is 23.7 Å². The van der Waals surface area contributed by atoms with Crippen LogP contribution in [0.5, 0.6) is 0 Å². The lowest BCUT2D eigenvalue weighted by atomic mass is 9.88. The highest BCUT2D eigenvalue weighted by Crippen LogP contribution is 2.25. The minimum absolute atomic E-state index is 0.171. The Bertz CT molecular complexity index is 1040. The van der Waals surface area contributed by atoms with E-state index in [1.807, 2.05) is 12.1 Å². The van der Waals surface area contributed by atoms with Crippen LogP contribution < -0.4 is 5.66 Å². The van der Waals surface area contributed by atoms with Crippen LogP contribution in [-0.2, 0) is 6.42 Å². The van der Waals surface area contributed by atoms with E-state index < -0.39 is 7.12 Å². The average Bonchev–Trinajstić information content (AvgIpc) is 3.54. The summed E-state index contributed by atoms with van der Waals surface area (Å²) in [6.07, 6.45) is 6.89. The fourth-order valence-electron chi connectivity index (χ4n) is 3.95. The predicted molar refractivity (Wildman–Crippen MR) is 119 cm³/mol. The lowest BCUT2D eigenvalue weighted by Gasteiger charge is -2.20. The van der Waals surface area contributed by atoms with Crippen LogP contribution in [0.4, 0.5) is 0 Å². The van der Waals surface area contributed by atoms with E-state index in [4.69, 9.17) is 14.5 Å². The molecule has 0 saturated carbocycles. The van der Waals surface area contributed by atoms with Crippen molar-refractivity contribution in [2.24, 2.45) is 0 Å². The number of rotatable bonds is 5. The van der Waals surface area contributed by atoms with Crippen molar-refractivity contribution in [2.75, 3.05) is 13.1 Å². The number of fused-ring (bicyclic) bond motifs is 1. The molecule has 4 heterocycles. The summed E-state index contributed by atoms with van der Waals surface area (Å²) >= 11 is 0. The molecule has 1 fully saturated rings. The minimum Gasteiger partial charge on any atom is -0.473 e. The number of aromatic nitrogens is 1. The second kappa shape index (κ2) is 9.39. The first-order valence-electron chi connectivity index (χ1n) is 10.4. The Labute approximate surface area is 176 Å². The van der Waals surface area contributed by atoms with Gasteiger partial charge in [0.05, 0.1) is 12.5 Å². The maximum atomic E-state index is 8.37. The van der Waals surface area contributed by atoms with Crippen molar-refractivity contribution < 1.29 is 18.9 Å². The van der Waals surface area contributed by atoms with Gasteiger partial charge in [-0.1, -0.05) is 0 Å². The maximum Gasteiger partial charge on any atom is 0.526 e. The number of hydrogen-bond acceptors (Lipinski definition) is 5. The molecule has 1 aliphatic rings. The molecule has 1 saturated heterocycles. The van der Waals surface area contributed by atoms with Gasteiger partial charge < -0.3 is 28.8 Å². The molecule has 5 rings (SSSR count). The highest BCUT2D eigenvalue weighted by molar-refractivity contribution is 6.56. The van der Waals surface area contributed by atoms with Crippen LogP contribution in [-0.4, -0.2) is 46.2 Å². The predicted octanol–water partition coefficient (Wildman–Crippen LogP) is 3.41. The van der Waals surface area contributed by atoms with Crippen molar-refractivity contribution in [1.82, 2.24) is 9.88 Å². The summed E-state index contributed by atoms with van der Waals surface area (Å²) in [5, 5.41) is 18.0. The van der Waals surface area contributed by atoms with Crippen LogP contribution in [0.25, 0.3) is 22.2 Å². The molecule has 0 spiro atoms. The largest absolute Gasteiger partial charge is 0.526 e. The van der Waals surface area contributed by atoms with Crippen molar-refractivity contribution in [2.45, 2.75) is 32.2 Å². The molecule has 0 radical (unpaired) electrons. The number of benzene rings is 1. The molecule has 0 bridgehead atoms. The number of furan rings is 2. The van der Waals surface area contributed by atoms with Crippen molar-refractivity contribution in [3.63, 3.8) is 0 Å². The average molecular weight is 406 g/mol. The van der Waals surface area contributed by atoms with Gasteiger partial charge in [-0.3, -0.25) is 0 Å². The quantitative estimate of drug-likeness (QED) is 0.443. The van der Waals surface area contributed by atoms with Gasteiger partial charge in [0, 0.05) is 41.2 Å². The van der Waals surface area contributed by atoms with Crippen LogP contribution in [0.2, 0.25) is 0 Å². The Morgan fingerprint density at radius 3 is 2.57 bits per heavy atom. The van der Waals surface area contributed by atoms with Gasteiger partial charge in [-0.25, -0.2) is 0 Å². The standard InChI is InChI=1S/C19H22N2O.C4H5BO3/c1-14-4-2-9-21(14)10-8-17-13-16-12-15(6-7-18(16)20-17)19-5-3-11-22-19;6-5(7)4-2-1-3-8-4/h3,5-7,11-14,20H,2,4,8-10H2,1H3;1-3,6-7H/t14-;/m1./s1. The number of nitrogens with one attached hydrogen (secondary N) is 1. The monoisotopic (exact) mass is 406 g/mol. The zero-order valence-corrected chi connectivity index (χ0v) is 17.1. The smallest absolute Gasteiger partial charge is 0.473 e. The van der Waals surface area contributed by atoms with E-state index in [1.54, 1.807) is 12.3 Å². The van der Waals surface area contributed by atoms with E-state index in [0.717, 1.165) is 30.3 Å². The number of nitrogens with zero attached hydrogens (tertiary/aromatic N) is 1. The van der Waals surface area contributed by atoms with Gasteiger partial charge in [0.2, 0.25) is 0 Å². The molecule has 1 aromatic carbocycles. The molecule has 0 amide bonds. The lowest BCUT2D eigenvalue weighted by Crippen LogP contribution is -2.29. The molecule has 3 N–H and O–H groups in total. The van der Waals surface area contributed by atoms with Gasteiger partial charge >= 0.3 is 7.12 Å². The summed E-state index contributed by atoms with van der Waals surface area (Å²) in [4.78, 5) is 6.15. The maximum absolute atomic E-state index is 8.37. The van der Waals surface area contributed by atoms with Gasteiger partial charge in [-0.15, -0.1) is 0 Å². The fraction of sp³-hybridized carbons (Fsp3) is 0.304. The lowest BCUT2D eigenvalue weighted by molar-refractivity contribution is 0.271. The first-order valence-corrected chi connectivity index (χ1v) is 10.4. The summed E-state index contributed by atoms with van der Waals surface area (Å²) in [5.41, 5.74) is 3.84. The molecule has 4 aromatic rings. The van der Waals surface area contributed by atoms with Crippen molar-refractivity contribution in [3.05, 3.63) is 66.8 Å². The molecule has 1 atom stereocenters. The number of hydrogen-bond donors (Lipinski definition) is 3. The molecule has 1 aliphatic heterocycles. The third kappa shape index (κ3) is 4.87. The zero-order chi connectivity index (χ0) is 20.9. The van der Waals surface area contributed by atoms with Gasteiger partial charge in [0.25, 0.3) is 0 Å². The van der Waals surface area contributed by atoms with E-state index in [9.17, 15) is 0 Å². The molecule has 7 heteroatoms. The van der Waals surface area contributed by atoms with Gasteiger partial charge in [0.1, 0.15) is 11.4 Å². The van der Waals surface area contributed by atoms with E-state index in [1.165, 1.54) is 48.3 Å². The van der Waals surface area contributed by atoms with Gasteiger partial charge in [-0.05, 0) is 74.8 Å². The van der Waals surface area contributed by atoms with Crippen molar-refractivity contribution in [3.8, 4) is 11.3 Å². The van der Waals surface area contributed by atoms with E-state index in [2.05, 4.69) is 45.5 Å². The zero-order valence-electron chi connectivity index (χ0n) is 17.1. The van der Waals surface area contributed by atoms with Crippen LogP contribution in [0.15, 0.2) is 69.9 Å². The Kier molecular flexibility index (Phi) is 6.42. The molecule has 3 aromatic heterocycles. The van der Waals surface area contributed by atoms with Gasteiger partial charge in [0.15, 0.2) is 0 Å². The van der Waals surface area contributed by atoms with Crippen molar-refractivity contribution in [1.29, 1.82) is 0 Å². The minimum atomic E-state index is -1.48. The first kappa shape index (κ1) is 20.5. The number of aromatic amines is 1. The van der Waals surface area contributed by atoms with Crippen LogP contribution in [0.3, 0.4) is 0 Å². The highest BCUT2D eigenvalue weighted by Gasteiger charge is 2.19. The second-order valence-corrected chi connectivity index (χ2v) is 7.74. The SMILES string of the molecule is C[C@@H]1CCCN1CCc1cc2cc(-c3ccco3)ccc2[nH]1.OB(O)c1ccco1. The molecule has 156 valence electrons. The summed E-state index contributed by atoms with van der Waals surface area (Å²) in [5.74, 6) is 0.926. The normalized spacial score (nSPS) is 16.6. The van der Waals surface area contributed by atoms with Crippen LogP contribution >= 0.6 is 0 Å².